The number of pyridine rings is 1. The number of thiazole rings is 1. The summed E-state index contributed by atoms with van der Waals surface area (Å²) in [5.74, 6) is -3.02. The van der Waals surface area contributed by atoms with Gasteiger partial charge in [0.15, 0.2) is 22.9 Å². The second kappa shape index (κ2) is 11.8. The molecule has 0 saturated carbocycles. The number of β-lactam (4-membered cyclic amide) rings is 1. The minimum Gasteiger partial charge on any atom is -0.869 e. The van der Waals surface area contributed by atoms with Crippen molar-refractivity contribution < 1.29 is 34.6 Å². The van der Waals surface area contributed by atoms with Crippen LogP contribution in [-0.4, -0.2) is 80.9 Å². The van der Waals surface area contributed by atoms with E-state index in [9.17, 15) is 34.6 Å². The van der Waals surface area contributed by atoms with Crippen LogP contribution in [0.25, 0.3) is 0 Å². The third kappa shape index (κ3) is 5.85. The maximum atomic E-state index is 13.2. The molecule has 16 nitrogen and oxygen atoms in total. The Labute approximate surface area is 245 Å². The molecule has 0 spiro atoms. The molecule has 5 heterocycles. The van der Waals surface area contributed by atoms with Crippen LogP contribution in [0.15, 0.2) is 49.3 Å². The molecule has 1 fully saturated rings. The predicted molar refractivity (Wildman–Crippen MR) is 146 cm³/mol. The first-order valence-corrected chi connectivity index (χ1v) is 15.0. The number of fused-ring (bicyclic) bond motifs is 1. The topological polar surface area (TPSA) is 238 Å². The van der Waals surface area contributed by atoms with E-state index in [0.717, 1.165) is 26.5 Å². The fourth-order valence-corrected chi connectivity index (χ4v) is 7.26. The molecule has 0 bridgehead atoms. The number of hydrogen-bond donors (Lipinski definition) is 4. The normalized spacial score (nSPS) is 18.6. The Morgan fingerprint density at radius 2 is 2.17 bits per heavy atom. The smallest absolute Gasteiger partial charge is 0.352 e. The minimum absolute atomic E-state index is 0.0317. The van der Waals surface area contributed by atoms with E-state index in [0.29, 0.717) is 28.0 Å². The third-order valence-electron chi connectivity index (χ3n) is 5.69. The summed E-state index contributed by atoms with van der Waals surface area (Å²) in [5, 5.41) is 42.0. The molecule has 2 aliphatic rings. The van der Waals surface area contributed by atoms with Crippen LogP contribution in [-0.2, 0) is 25.8 Å². The molecule has 0 aromatic carbocycles. The molecule has 2 atom stereocenters. The quantitative estimate of drug-likeness (QED) is 0.0721. The molecule has 41 heavy (non-hydrogen) atoms. The predicted octanol–water partition coefficient (Wildman–Crippen LogP) is -0.499. The molecular weight excluding hydrogens is 621 g/mol. The van der Waals surface area contributed by atoms with Crippen LogP contribution in [0.5, 0.6) is 5.75 Å². The van der Waals surface area contributed by atoms with Gasteiger partial charge < -0.3 is 31.3 Å². The van der Waals surface area contributed by atoms with Gasteiger partial charge in [0.2, 0.25) is 0 Å². The summed E-state index contributed by atoms with van der Waals surface area (Å²) in [7, 11) is 0. The van der Waals surface area contributed by atoms with Crippen molar-refractivity contribution >= 4 is 75.0 Å². The molecule has 3 aromatic heterocycles. The Morgan fingerprint density at radius 3 is 2.85 bits per heavy atom. The molecule has 3 aromatic rings. The second-order valence-corrected chi connectivity index (χ2v) is 12.3. The van der Waals surface area contributed by atoms with Gasteiger partial charge in [0.05, 0.1) is 6.20 Å². The Bertz CT molecular complexity index is 1640. The van der Waals surface area contributed by atoms with Crippen molar-refractivity contribution in [2.75, 3.05) is 17.2 Å². The highest BCUT2D eigenvalue weighted by atomic mass is 32.2. The number of carbonyl (C=O) groups excluding carboxylic acids is 2. The lowest BCUT2D eigenvalue weighted by Gasteiger charge is -2.49. The molecule has 5 rings (SSSR count). The first-order chi connectivity index (χ1) is 19.6. The number of nitrogens with zero attached hydrogens (tertiary/aromatic N) is 6. The third-order valence-corrected chi connectivity index (χ3v) is 9.62. The first-order valence-electron chi connectivity index (χ1n) is 11.3. The van der Waals surface area contributed by atoms with Gasteiger partial charge in [-0.15, -0.1) is 40.0 Å². The number of oxime groups is 1. The van der Waals surface area contributed by atoms with E-state index in [1.807, 2.05) is 0 Å². The summed E-state index contributed by atoms with van der Waals surface area (Å²) < 4.78 is 4.97. The molecule has 0 radical (unpaired) electrons. The number of carboxylic acid groups (broad SMARTS) is 1. The van der Waals surface area contributed by atoms with Crippen molar-refractivity contribution in [3.05, 3.63) is 56.7 Å². The van der Waals surface area contributed by atoms with E-state index in [2.05, 4.69) is 25.0 Å². The van der Waals surface area contributed by atoms with Gasteiger partial charge in [0.25, 0.3) is 11.8 Å². The summed E-state index contributed by atoms with van der Waals surface area (Å²) in [6, 6.07) is -0.204. The van der Waals surface area contributed by atoms with Gasteiger partial charge in [-0.05, 0) is 22.9 Å². The van der Waals surface area contributed by atoms with Crippen LogP contribution in [0.1, 0.15) is 11.4 Å². The number of aliphatic carboxylic acids is 1. The highest BCUT2D eigenvalue weighted by molar-refractivity contribution is 8.01. The second-order valence-electron chi connectivity index (χ2n) is 8.27. The highest BCUT2D eigenvalue weighted by Gasteiger charge is 2.54. The van der Waals surface area contributed by atoms with E-state index < -0.39 is 47.0 Å². The zero-order valence-electron chi connectivity index (χ0n) is 20.3. The van der Waals surface area contributed by atoms with E-state index in [-0.39, 0.29) is 27.9 Å². The Morgan fingerprint density at radius 1 is 1.37 bits per heavy atom. The molecule has 0 unspecified atom stereocenters. The molecular formula is C21H17N8O8S4-. The number of nitrogens with one attached hydrogen (secondary N) is 1. The van der Waals surface area contributed by atoms with E-state index in [4.69, 9.17) is 10.6 Å². The van der Waals surface area contributed by atoms with E-state index >= 15 is 0 Å². The monoisotopic (exact) mass is 637 g/mol. The number of thioether (sulfide) groups is 2. The largest absolute Gasteiger partial charge is 0.869 e. The van der Waals surface area contributed by atoms with Crippen molar-refractivity contribution in [3.8, 4) is 5.75 Å². The number of carbonyl (C=O) groups is 3. The summed E-state index contributed by atoms with van der Waals surface area (Å²) >= 11 is 4.86. The van der Waals surface area contributed by atoms with Crippen molar-refractivity contribution in [2.24, 2.45) is 5.16 Å². The fourth-order valence-electron chi connectivity index (χ4n) is 3.80. The van der Waals surface area contributed by atoms with Crippen molar-refractivity contribution in [2.45, 2.75) is 22.2 Å². The van der Waals surface area contributed by atoms with Crippen LogP contribution in [0.3, 0.4) is 0 Å². The summed E-state index contributed by atoms with van der Waals surface area (Å²) in [4.78, 5) is 60.3. The van der Waals surface area contributed by atoms with Crippen molar-refractivity contribution in [1.29, 1.82) is 0 Å². The van der Waals surface area contributed by atoms with Gasteiger partial charge in [-0.3, -0.25) is 19.3 Å². The van der Waals surface area contributed by atoms with Gasteiger partial charge in [-0.2, -0.15) is 4.73 Å². The lowest BCUT2D eigenvalue weighted by molar-refractivity contribution is -0.271. The summed E-state index contributed by atoms with van der Waals surface area (Å²) in [6.07, 6.45) is 2.23. The lowest BCUT2D eigenvalue weighted by atomic mass is 10.0. The molecule has 5 N–H and O–H groups in total. The number of amides is 2. The zero-order chi connectivity index (χ0) is 29.3. The number of rotatable bonds is 10. The number of anilines is 1. The lowest BCUT2D eigenvalue weighted by Crippen LogP contribution is -2.71. The van der Waals surface area contributed by atoms with Gasteiger partial charge in [0.1, 0.15) is 32.7 Å². The van der Waals surface area contributed by atoms with Gasteiger partial charge in [-0.25, -0.2) is 9.78 Å². The maximum absolute atomic E-state index is 13.2. The standard InChI is InChI=1S/C21H18N8O8S4/c22-21-24-10(7-40-21)14(26-37-4-9-1-11(30)12(31)3-28(9)36)17(32)25-15-18(33)29-16(20(34)35)8(6-39-19(15)29)5-38-13-2-23-27-41-13/h1-3,7,15,19,31,36H,4-6H2,(H2,22,24)(H,25,32)(H,34,35)/p-1/b26-14+/t15-,19+/m0/s1. The minimum atomic E-state index is -1.26. The highest BCUT2D eigenvalue weighted by Crippen LogP contribution is 2.41. The van der Waals surface area contributed by atoms with Crippen LogP contribution >= 0.6 is 46.4 Å². The molecule has 20 heteroatoms. The maximum Gasteiger partial charge on any atom is 0.352 e. The van der Waals surface area contributed by atoms with Crippen LogP contribution in [0, 0.1) is 0 Å². The molecule has 0 aliphatic carbocycles. The SMILES string of the molecule is Nc1nc(/C(=N\OCc2cc(=O)c([O-])cn2O)C(=O)N[C@H]2C(=O)N3C(C(=O)O)=C(CSc4cnns4)CS[C@H]23)cs1. The molecule has 1 saturated heterocycles. The fraction of sp³-hybridized carbons (Fsp3) is 0.238. The van der Waals surface area contributed by atoms with E-state index in [1.54, 1.807) is 6.20 Å². The Kier molecular flexibility index (Phi) is 8.15. The zero-order valence-corrected chi connectivity index (χ0v) is 23.6. The first kappa shape index (κ1) is 28.4. The average molecular weight is 638 g/mol. The van der Waals surface area contributed by atoms with Gasteiger partial charge in [-0.1, -0.05) is 9.64 Å². The van der Waals surface area contributed by atoms with E-state index in [1.165, 1.54) is 40.4 Å². The molecule has 2 aliphatic heterocycles. The Hall–Kier alpha value is -4.14. The molecule has 214 valence electrons. The van der Waals surface area contributed by atoms with Crippen LogP contribution < -0.4 is 21.6 Å². The Balaban J connectivity index is 1.31. The number of hydrogen-bond acceptors (Lipinski definition) is 16. The number of nitrogens with two attached hydrogens (primary N) is 1. The van der Waals surface area contributed by atoms with Crippen molar-refractivity contribution in [3.63, 3.8) is 0 Å². The van der Waals surface area contributed by atoms with Crippen LogP contribution in [0.2, 0.25) is 0 Å². The number of nitrogen functional groups attached to an aromatic ring is 1. The summed E-state index contributed by atoms with van der Waals surface area (Å²) in [5.41, 5.74) is 4.80. The van der Waals surface area contributed by atoms with Gasteiger partial charge >= 0.3 is 5.97 Å². The number of aromatic nitrogens is 4. The van der Waals surface area contributed by atoms with Crippen LogP contribution in [0.4, 0.5) is 5.13 Å². The average Bonchev–Trinajstić information content (AvgIpc) is 3.62. The van der Waals surface area contributed by atoms with Gasteiger partial charge in [0, 0.05) is 29.1 Å². The van der Waals surface area contributed by atoms with Crippen molar-refractivity contribution in [1.82, 2.24) is 29.5 Å². The summed E-state index contributed by atoms with van der Waals surface area (Å²) in [6.45, 7) is -0.498. The molecule has 2 amide bonds. The number of carboxylic acids is 1.